The molecule has 0 atom stereocenters. The van der Waals surface area contributed by atoms with Gasteiger partial charge in [0.15, 0.2) is 5.69 Å². The third kappa shape index (κ3) is 1.71. The zero-order valence-corrected chi connectivity index (χ0v) is 6.93. The number of pyridine rings is 1. The van der Waals surface area contributed by atoms with Crippen LogP contribution in [0.2, 0.25) is 5.02 Å². The number of hydrogen-bond donors (Lipinski definition) is 0. The van der Waals surface area contributed by atoms with E-state index in [1.807, 2.05) is 0 Å². The zero-order valence-electron chi connectivity index (χ0n) is 6.17. The van der Waals surface area contributed by atoms with Crippen molar-refractivity contribution >= 4 is 17.6 Å². The Bertz CT molecular complexity index is 316. The minimum Gasteiger partial charge on any atom is -0.464 e. The standard InChI is InChI=1S/C7H5ClFNO2/c1-12-7(11)6-4(8)2-3-5(9)10-6/h2-3H,1H3. The number of esters is 1. The van der Waals surface area contributed by atoms with Gasteiger partial charge in [-0.3, -0.25) is 0 Å². The predicted octanol–water partition coefficient (Wildman–Crippen LogP) is 1.66. The topological polar surface area (TPSA) is 39.2 Å². The van der Waals surface area contributed by atoms with Crippen molar-refractivity contribution in [2.75, 3.05) is 7.11 Å². The molecule has 5 heteroatoms. The lowest BCUT2D eigenvalue weighted by atomic mass is 10.3. The number of carbonyl (C=O) groups is 1. The van der Waals surface area contributed by atoms with Gasteiger partial charge in [0.1, 0.15) is 0 Å². The average Bonchev–Trinajstić information content (AvgIpc) is 2.08. The van der Waals surface area contributed by atoms with Crippen LogP contribution in [0.5, 0.6) is 0 Å². The molecule has 12 heavy (non-hydrogen) atoms. The molecule has 3 nitrogen and oxygen atoms in total. The summed E-state index contributed by atoms with van der Waals surface area (Å²) in [5, 5.41) is 0.0725. The van der Waals surface area contributed by atoms with Gasteiger partial charge in [0.2, 0.25) is 5.95 Å². The van der Waals surface area contributed by atoms with Gasteiger partial charge in [-0.25, -0.2) is 9.78 Å². The summed E-state index contributed by atoms with van der Waals surface area (Å²) in [6.45, 7) is 0. The van der Waals surface area contributed by atoms with Crippen LogP contribution in [-0.2, 0) is 4.74 Å². The van der Waals surface area contributed by atoms with Crippen LogP contribution in [0.15, 0.2) is 12.1 Å². The maximum absolute atomic E-state index is 12.5. The third-order valence-corrected chi connectivity index (χ3v) is 1.50. The summed E-state index contributed by atoms with van der Waals surface area (Å²) >= 11 is 5.54. The van der Waals surface area contributed by atoms with Crippen molar-refractivity contribution in [1.82, 2.24) is 4.98 Å². The molecule has 0 aliphatic rings. The van der Waals surface area contributed by atoms with E-state index in [0.717, 1.165) is 6.07 Å². The molecule has 0 amide bonds. The summed E-state index contributed by atoms with van der Waals surface area (Å²) in [6, 6.07) is 2.31. The molecule has 1 aromatic rings. The number of ether oxygens (including phenoxy) is 1. The molecule has 0 bridgehead atoms. The van der Waals surface area contributed by atoms with Gasteiger partial charge in [0.25, 0.3) is 0 Å². The average molecular weight is 190 g/mol. The fraction of sp³-hybridized carbons (Fsp3) is 0.143. The first-order valence-electron chi connectivity index (χ1n) is 3.05. The van der Waals surface area contributed by atoms with Crippen molar-refractivity contribution < 1.29 is 13.9 Å². The molecule has 0 fully saturated rings. The fourth-order valence-electron chi connectivity index (χ4n) is 0.658. The van der Waals surface area contributed by atoms with E-state index in [1.165, 1.54) is 13.2 Å². The maximum atomic E-state index is 12.5. The van der Waals surface area contributed by atoms with E-state index in [9.17, 15) is 9.18 Å². The van der Waals surface area contributed by atoms with Crippen LogP contribution in [0.1, 0.15) is 10.5 Å². The number of aromatic nitrogens is 1. The van der Waals surface area contributed by atoms with E-state index in [0.29, 0.717) is 0 Å². The molecule has 0 aliphatic carbocycles. The van der Waals surface area contributed by atoms with E-state index in [4.69, 9.17) is 11.6 Å². The van der Waals surface area contributed by atoms with E-state index in [2.05, 4.69) is 9.72 Å². The molecule has 0 saturated carbocycles. The van der Waals surface area contributed by atoms with Gasteiger partial charge < -0.3 is 4.74 Å². The SMILES string of the molecule is COC(=O)c1nc(F)ccc1Cl. The molecule has 0 radical (unpaired) electrons. The van der Waals surface area contributed by atoms with E-state index >= 15 is 0 Å². The molecule has 1 rings (SSSR count). The third-order valence-electron chi connectivity index (χ3n) is 1.19. The summed E-state index contributed by atoms with van der Waals surface area (Å²) < 4.78 is 16.8. The molecule has 0 unspecified atom stereocenters. The highest BCUT2D eigenvalue weighted by Gasteiger charge is 2.12. The lowest BCUT2D eigenvalue weighted by Crippen LogP contribution is -2.06. The Morgan fingerprint density at radius 1 is 1.67 bits per heavy atom. The first-order valence-corrected chi connectivity index (χ1v) is 3.43. The molecule has 0 saturated heterocycles. The lowest BCUT2D eigenvalue weighted by molar-refractivity contribution is 0.0593. The Hall–Kier alpha value is -1.16. The fourth-order valence-corrected chi connectivity index (χ4v) is 0.841. The minimum absolute atomic E-state index is 0.0725. The lowest BCUT2D eigenvalue weighted by Gasteiger charge is -1.99. The van der Waals surface area contributed by atoms with Crippen LogP contribution < -0.4 is 0 Å². The van der Waals surface area contributed by atoms with Crippen molar-refractivity contribution in [1.29, 1.82) is 0 Å². The van der Waals surface area contributed by atoms with Gasteiger partial charge in [-0.1, -0.05) is 11.6 Å². The van der Waals surface area contributed by atoms with Gasteiger partial charge in [0.05, 0.1) is 12.1 Å². The normalized spacial score (nSPS) is 9.58. The van der Waals surface area contributed by atoms with Crippen molar-refractivity contribution in [3.05, 3.63) is 28.8 Å². The van der Waals surface area contributed by atoms with Gasteiger partial charge in [0, 0.05) is 0 Å². The number of carbonyl (C=O) groups excluding carboxylic acids is 1. The molecule has 0 spiro atoms. The van der Waals surface area contributed by atoms with Crippen molar-refractivity contribution in [3.8, 4) is 0 Å². The van der Waals surface area contributed by atoms with Crippen LogP contribution in [0, 0.1) is 5.95 Å². The van der Waals surface area contributed by atoms with Gasteiger partial charge >= 0.3 is 5.97 Å². The Morgan fingerprint density at radius 2 is 2.33 bits per heavy atom. The van der Waals surface area contributed by atoms with E-state index in [-0.39, 0.29) is 10.7 Å². The Morgan fingerprint density at radius 3 is 2.92 bits per heavy atom. The molecule has 1 heterocycles. The molecule has 64 valence electrons. The molecular formula is C7H5ClFNO2. The second-order valence-corrected chi connectivity index (χ2v) is 2.36. The first kappa shape index (κ1) is 8.93. The van der Waals surface area contributed by atoms with E-state index < -0.39 is 11.9 Å². The summed E-state index contributed by atoms with van der Waals surface area (Å²) in [4.78, 5) is 14.1. The summed E-state index contributed by atoms with van der Waals surface area (Å²) in [5.74, 6) is -1.51. The minimum atomic E-state index is -0.764. The van der Waals surface area contributed by atoms with Crippen molar-refractivity contribution in [3.63, 3.8) is 0 Å². The highest BCUT2D eigenvalue weighted by Crippen LogP contribution is 2.14. The molecule has 0 N–H and O–H groups in total. The first-order chi connectivity index (χ1) is 5.65. The molecular weight excluding hydrogens is 185 g/mol. The summed E-state index contributed by atoms with van der Waals surface area (Å²) in [6.07, 6.45) is 0. The smallest absolute Gasteiger partial charge is 0.358 e. The quantitative estimate of drug-likeness (QED) is 0.498. The van der Waals surface area contributed by atoms with Crippen molar-refractivity contribution in [2.24, 2.45) is 0 Å². The molecule has 0 aliphatic heterocycles. The number of rotatable bonds is 1. The summed E-state index contributed by atoms with van der Waals surface area (Å²) in [5.41, 5.74) is -0.209. The van der Waals surface area contributed by atoms with Gasteiger partial charge in [-0.15, -0.1) is 0 Å². The number of halogens is 2. The van der Waals surface area contributed by atoms with Crippen LogP contribution in [-0.4, -0.2) is 18.1 Å². The zero-order chi connectivity index (χ0) is 9.14. The monoisotopic (exact) mass is 189 g/mol. The van der Waals surface area contributed by atoms with Gasteiger partial charge in [-0.05, 0) is 12.1 Å². The molecule has 1 aromatic heterocycles. The Labute approximate surface area is 73.1 Å². The largest absolute Gasteiger partial charge is 0.464 e. The van der Waals surface area contributed by atoms with Crippen LogP contribution >= 0.6 is 11.6 Å². The highest BCUT2D eigenvalue weighted by atomic mass is 35.5. The Kier molecular flexibility index (Phi) is 2.60. The second kappa shape index (κ2) is 3.49. The second-order valence-electron chi connectivity index (χ2n) is 1.96. The maximum Gasteiger partial charge on any atom is 0.358 e. The predicted molar refractivity (Wildman–Crippen MR) is 40.5 cm³/mol. The van der Waals surface area contributed by atoms with Crippen LogP contribution in [0.4, 0.5) is 4.39 Å². The number of hydrogen-bond acceptors (Lipinski definition) is 3. The number of methoxy groups -OCH3 is 1. The highest BCUT2D eigenvalue weighted by molar-refractivity contribution is 6.33. The van der Waals surface area contributed by atoms with Crippen LogP contribution in [0.3, 0.4) is 0 Å². The van der Waals surface area contributed by atoms with E-state index in [1.54, 1.807) is 0 Å². The summed E-state index contributed by atoms with van der Waals surface area (Å²) in [7, 11) is 1.17. The number of nitrogens with zero attached hydrogens (tertiary/aromatic N) is 1. The van der Waals surface area contributed by atoms with Gasteiger partial charge in [-0.2, -0.15) is 4.39 Å². The van der Waals surface area contributed by atoms with Crippen LogP contribution in [0.25, 0.3) is 0 Å². The van der Waals surface area contributed by atoms with Crippen molar-refractivity contribution in [2.45, 2.75) is 0 Å². The molecule has 0 aromatic carbocycles. The Balaban J connectivity index is 3.13.